The smallest absolute Gasteiger partial charge is 0.127 e. The maximum atomic E-state index is 12.6. The van der Waals surface area contributed by atoms with E-state index in [1.54, 1.807) is 19.1 Å². The van der Waals surface area contributed by atoms with Crippen molar-refractivity contribution >= 4 is 0 Å². The number of ether oxygens (including phenoxy) is 1. The molecule has 0 aliphatic carbocycles. The van der Waals surface area contributed by atoms with Crippen LogP contribution >= 0.6 is 0 Å². The van der Waals surface area contributed by atoms with Gasteiger partial charge >= 0.3 is 0 Å². The number of halogens is 1. The summed E-state index contributed by atoms with van der Waals surface area (Å²) in [5.74, 6) is -0.320. The summed E-state index contributed by atoms with van der Waals surface area (Å²) in [6.07, 6.45) is 3.09. The van der Waals surface area contributed by atoms with Gasteiger partial charge in [-0.2, -0.15) is 5.26 Å². The lowest BCUT2D eigenvalue weighted by molar-refractivity contribution is 0.00511. The molecule has 106 valence electrons. The summed E-state index contributed by atoms with van der Waals surface area (Å²) in [5.41, 5.74) is 0.933. The number of aryl methyl sites for hydroxylation is 1. The molecule has 2 unspecified atom stereocenters. The Morgan fingerprint density at radius 2 is 1.74 bits per heavy atom. The molecule has 0 N–H and O–H groups in total. The van der Waals surface area contributed by atoms with Gasteiger partial charge in [0.25, 0.3) is 0 Å². The van der Waals surface area contributed by atoms with Crippen LogP contribution in [0.2, 0.25) is 0 Å². The third-order valence-corrected chi connectivity index (χ3v) is 2.92. The van der Waals surface area contributed by atoms with Crippen LogP contribution in [0.3, 0.4) is 0 Å². The number of hydrogen-bond donors (Lipinski definition) is 0. The first kappa shape index (κ1) is 17.6. The van der Waals surface area contributed by atoms with Crippen LogP contribution in [0.5, 0.6) is 0 Å². The molecule has 0 heterocycles. The molecule has 1 aromatic rings. The van der Waals surface area contributed by atoms with Gasteiger partial charge in [0.15, 0.2) is 0 Å². The summed E-state index contributed by atoms with van der Waals surface area (Å²) in [5, 5.41) is 8.34. The molecule has 0 aliphatic rings. The summed E-state index contributed by atoms with van der Waals surface area (Å²) in [6.45, 7) is 10.2. The number of hydrogen-bond acceptors (Lipinski definition) is 2. The molecule has 0 aliphatic heterocycles. The third kappa shape index (κ3) is 7.58. The summed E-state index contributed by atoms with van der Waals surface area (Å²) in [4.78, 5) is 0. The van der Waals surface area contributed by atoms with E-state index in [2.05, 4.69) is 27.7 Å². The van der Waals surface area contributed by atoms with E-state index >= 15 is 0 Å². The Kier molecular flexibility index (Phi) is 8.82. The van der Waals surface area contributed by atoms with Crippen LogP contribution in [0.15, 0.2) is 18.2 Å². The van der Waals surface area contributed by atoms with Gasteiger partial charge in [-0.15, -0.1) is 0 Å². The maximum absolute atomic E-state index is 12.6. The van der Waals surface area contributed by atoms with Crippen molar-refractivity contribution in [2.24, 2.45) is 0 Å². The van der Waals surface area contributed by atoms with Crippen molar-refractivity contribution in [3.8, 4) is 6.07 Å². The standard InChI is InChI=1S/C8H6FN.C8H18O/c1-6-2-3-7(5-10)4-8(6)9;1-5-7(3)9-8(4)6-2/h2-4H,1H3;7-8H,5-6H2,1-4H3. The van der Waals surface area contributed by atoms with Gasteiger partial charge in [-0.1, -0.05) is 19.9 Å². The molecule has 0 radical (unpaired) electrons. The average Bonchev–Trinajstić information content (AvgIpc) is 2.42. The fourth-order valence-electron chi connectivity index (χ4n) is 1.25. The Morgan fingerprint density at radius 1 is 1.21 bits per heavy atom. The fraction of sp³-hybridized carbons (Fsp3) is 0.562. The first-order valence-electron chi connectivity index (χ1n) is 6.76. The van der Waals surface area contributed by atoms with Gasteiger partial charge in [0, 0.05) is 0 Å². The van der Waals surface area contributed by atoms with Gasteiger partial charge in [-0.25, -0.2) is 4.39 Å². The predicted molar refractivity (Wildman–Crippen MR) is 76.4 cm³/mol. The van der Waals surface area contributed by atoms with Crippen molar-refractivity contribution in [3.63, 3.8) is 0 Å². The first-order chi connectivity index (χ1) is 8.94. The van der Waals surface area contributed by atoms with Crippen LogP contribution in [0.1, 0.15) is 51.7 Å². The Morgan fingerprint density at radius 3 is 2.11 bits per heavy atom. The van der Waals surface area contributed by atoms with Crippen LogP contribution in [0.25, 0.3) is 0 Å². The molecule has 1 rings (SSSR count). The molecule has 0 aromatic heterocycles. The molecule has 1 aromatic carbocycles. The minimum atomic E-state index is -0.320. The van der Waals surface area contributed by atoms with Gasteiger partial charge in [0.05, 0.1) is 23.8 Å². The number of benzene rings is 1. The van der Waals surface area contributed by atoms with Crippen LogP contribution in [-0.2, 0) is 4.74 Å². The second kappa shape index (κ2) is 9.52. The summed E-state index contributed by atoms with van der Waals surface area (Å²) < 4.78 is 18.2. The molecule has 0 spiro atoms. The highest BCUT2D eigenvalue weighted by Crippen LogP contribution is 2.07. The van der Waals surface area contributed by atoms with Crippen LogP contribution < -0.4 is 0 Å². The second-order valence-electron chi connectivity index (χ2n) is 4.65. The highest BCUT2D eigenvalue weighted by molar-refractivity contribution is 5.32. The van der Waals surface area contributed by atoms with Crippen LogP contribution in [-0.4, -0.2) is 12.2 Å². The molecule has 0 fully saturated rings. The SMILES string of the molecule is CCC(C)OC(C)CC.Cc1ccc(C#N)cc1F. The predicted octanol–water partition coefficient (Wildman–Crippen LogP) is 4.61. The van der Waals surface area contributed by atoms with E-state index in [1.165, 1.54) is 6.07 Å². The zero-order chi connectivity index (χ0) is 14.8. The molecule has 0 bridgehead atoms. The monoisotopic (exact) mass is 265 g/mol. The topological polar surface area (TPSA) is 33.0 Å². The van der Waals surface area contributed by atoms with E-state index in [9.17, 15) is 4.39 Å². The molecular formula is C16H24FNO. The summed E-state index contributed by atoms with van der Waals surface area (Å²) in [7, 11) is 0. The molecule has 19 heavy (non-hydrogen) atoms. The molecular weight excluding hydrogens is 241 g/mol. The minimum absolute atomic E-state index is 0.320. The van der Waals surface area contributed by atoms with Crippen LogP contribution in [0.4, 0.5) is 4.39 Å². The van der Waals surface area contributed by atoms with E-state index in [1.807, 2.05) is 6.07 Å². The van der Waals surface area contributed by atoms with E-state index in [0.29, 0.717) is 23.3 Å². The summed E-state index contributed by atoms with van der Waals surface area (Å²) in [6, 6.07) is 6.27. The Hall–Kier alpha value is -1.40. The van der Waals surface area contributed by atoms with Crippen molar-refractivity contribution in [3.05, 3.63) is 35.1 Å². The zero-order valence-corrected chi connectivity index (χ0v) is 12.5. The number of nitrogens with zero attached hydrogens (tertiary/aromatic N) is 1. The fourth-order valence-corrected chi connectivity index (χ4v) is 1.25. The van der Waals surface area contributed by atoms with E-state index in [0.717, 1.165) is 12.8 Å². The van der Waals surface area contributed by atoms with Crippen molar-refractivity contribution in [1.82, 2.24) is 0 Å². The number of rotatable bonds is 4. The lowest BCUT2D eigenvalue weighted by Crippen LogP contribution is -2.14. The Labute approximate surface area is 116 Å². The van der Waals surface area contributed by atoms with Crippen molar-refractivity contribution in [1.29, 1.82) is 5.26 Å². The molecule has 2 nitrogen and oxygen atoms in total. The first-order valence-corrected chi connectivity index (χ1v) is 6.76. The summed E-state index contributed by atoms with van der Waals surface area (Å²) >= 11 is 0. The van der Waals surface area contributed by atoms with E-state index < -0.39 is 0 Å². The average molecular weight is 265 g/mol. The van der Waals surface area contributed by atoms with Crippen LogP contribution in [0, 0.1) is 24.1 Å². The lowest BCUT2D eigenvalue weighted by atomic mass is 10.1. The highest BCUT2D eigenvalue weighted by atomic mass is 19.1. The quantitative estimate of drug-likeness (QED) is 0.796. The minimum Gasteiger partial charge on any atom is -0.376 e. The zero-order valence-electron chi connectivity index (χ0n) is 12.5. The molecule has 0 saturated heterocycles. The largest absolute Gasteiger partial charge is 0.376 e. The number of nitriles is 1. The van der Waals surface area contributed by atoms with Gasteiger partial charge in [0.1, 0.15) is 5.82 Å². The van der Waals surface area contributed by atoms with Crippen molar-refractivity contribution < 1.29 is 9.13 Å². The van der Waals surface area contributed by atoms with Gasteiger partial charge in [-0.3, -0.25) is 0 Å². The molecule has 0 saturated carbocycles. The third-order valence-electron chi connectivity index (χ3n) is 2.92. The molecule has 0 amide bonds. The Balaban J connectivity index is 0.000000344. The second-order valence-corrected chi connectivity index (χ2v) is 4.65. The van der Waals surface area contributed by atoms with Crippen molar-refractivity contribution in [2.45, 2.75) is 59.7 Å². The highest BCUT2D eigenvalue weighted by Gasteiger charge is 2.02. The lowest BCUT2D eigenvalue weighted by Gasteiger charge is -2.15. The maximum Gasteiger partial charge on any atom is 0.127 e. The van der Waals surface area contributed by atoms with Crippen molar-refractivity contribution in [2.75, 3.05) is 0 Å². The molecule has 3 heteroatoms. The van der Waals surface area contributed by atoms with Gasteiger partial charge in [-0.05, 0) is 51.3 Å². The van der Waals surface area contributed by atoms with Gasteiger partial charge in [0.2, 0.25) is 0 Å². The van der Waals surface area contributed by atoms with E-state index in [-0.39, 0.29) is 5.82 Å². The molecule has 2 atom stereocenters. The normalized spacial score (nSPS) is 12.9. The van der Waals surface area contributed by atoms with Gasteiger partial charge < -0.3 is 4.74 Å². The van der Waals surface area contributed by atoms with E-state index in [4.69, 9.17) is 10.00 Å². The Bertz CT molecular complexity index is 404.